The number of hydrogen-bond acceptors (Lipinski definition) is 3. The lowest BCUT2D eigenvalue weighted by atomic mass is 10.2. The fraction of sp³-hybridized carbons (Fsp3) is 0.700. The lowest BCUT2D eigenvalue weighted by molar-refractivity contribution is -0.133. The third kappa shape index (κ3) is 3.52. The second kappa shape index (κ2) is 6.09. The summed E-state index contributed by atoms with van der Waals surface area (Å²) in [7, 11) is 0. The van der Waals surface area contributed by atoms with Crippen LogP contribution in [0, 0.1) is 0 Å². The van der Waals surface area contributed by atoms with Gasteiger partial charge >= 0.3 is 0 Å². The van der Waals surface area contributed by atoms with Crippen LogP contribution >= 0.6 is 0 Å². The Kier molecular flexibility index (Phi) is 4.75. The zero-order chi connectivity index (χ0) is 12.0. The summed E-state index contributed by atoms with van der Waals surface area (Å²) in [4.78, 5) is 34.5. The molecule has 6 heteroatoms. The van der Waals surface area contributed by atoms with Crippen molar-refractivity contribution in [2.24, 2.45) is 0 Å². The van der Waals surface area contributed by atoms with E-state index in [-0.39, 0.29) is 30.9 Å². The Labute approximate surface area is 94.4 Å². The Hall–Kier alpha value is -1.59. The maximum absolute atomic E-state index is 11.7. The number of nitrogens with one attached hydrogen (secondary N) is 2. The van der Waals surface area contributed by atoms with E-state index in [1.54, 1.807) is 4.90 Å². The molecule has 0 aromatic heterocycles. The van der Waals surface area contributed by atoms with Crippen LogP contribution in [0.4, 0.5) is 0 Å². The molecule has 1 aliphatic rings. The van der Waals surface area contributed by atoms with Crippen LogP contribution in [0.1, 0.15) is 19.8 Å². The molecule has 1 rings (SSSR count). The second-order valence-corrected chi connectivity index (χ2v) is 3.85. The highest BCUT2D eigenvalue weighted by Gasteiger charge is 2.24. The molecule has 6 nitrogen and oxygen atoms in total. The van der Waals surface area contributed by atoms with Crippen molar-refractivity contribution in [3.05, 3.63) is 0 Å². The molecule has 1 unspecified atom stereocenters. The van der Waals surface area contributed by atoms with E-state index in [4.69, 9.17) is 0 Å². The molecular weight excluding hydrogens is 210 g/mol. The smallest absolute Gasteiger partial charge is 0.242 e. The number of rotatable bonds is 5. The fourth-order valence-electron chi connectivity index (χ4n) is 1.78. The van der Waals surface area contributed by atoms with Gasteiger partial charge in [0.25, 0.3) is 0 Å². The minimum absolute atomic E-state index is 0.00368. The SMILES string of the molecule is CC1CCCN1C(=O)CNC(=O)CNC=O. The summed E-state index contributed by atoms with van der Waals surface area (Å²) in [6.45, 7) is 2.68. The molecule has 16 heavy (non-hydrogen) atoms. The molecular formula is C10H17N3O3. The standard InChI is InChI=1S/C10H17N3O3/c1-8-3-2-4-13(8)10(16)6-12-9(15)5-11-7-14/h7-8H,2-6H2,1H3,(H,11,14)(H,12,15). The predicted octanol–water partition coefficient (Wildman–Crippen LogP) is -1.14. The molecule has 1 aliphatic heterocycles. The second-order valence-electron chi connectivity index (χ2n) is 3.85. The summed E-state index contributed by atoms with van der Waals surface area (Å²) in [5, 5.41) is 4.70. The Morgan fingerprint density at radius 1 is 1.44 bits per heavy atom. The third-order valence-electron chi connectivity index (χ3n) is 2.66. The van der Waals surface area contributed by atoms with Crippen molar-refractivity contribution in [2.75, 3.05) is 19.6 Å². The molecule has 2 N–H and O–H groups in total. The Morgan fingerprint density at radius 2 is 2.19 bits per heavy atom. The van der Waals surface area contributed by atoms with Gasteiger partial charge in [0.2, 0.25) is 18.2 Å². The highest BCUT2D eigenvalue weighted by Crippen LogP contribution is 2.15. The molecule has 1 atom stereocenters. The summed E-state index contributed by atoms with van der Waals surface area (Å²) in [6.07, 6.45) is 2.49. The van der Waals surface area contributed by atoms with E-state index in [1.807, 2.05) is 6.92 Å². The molecule has 1 saturated heterocycles. The number of nitrogens with zero attached hydrogens (tertiary/aromatic N) is 1. The van der Waals surface area contributed by atoms with E-state index in [1.165, 1.54) is 0 Å². The van der Waals surface area contributed by atoms with Crippen LogP contribution in [0.3, 0.4) is 0 Å². The first-order valence-corrected chi connectivity index (χ1v) is 5.38. The summed E-state index contributed by atoms with van der Waals surface area (Å²) in [6, 6.07) is 0.262. The van der Waals surface area contributed by atoms with E-state index in [9.17, 15) is 14.4 Å². The van der Waals surface area contributed by atoms with Gasteiger partial charge in [0.15, 0.2) is 0 Å². The van der Waals surface area contributed by atoms with E-state index >= 15 is 0 Å². The average Bonchev–Trinajstić information content (AvgIpc) is 2.69. The van der Waals surface area contributed by atoms with Gasteiger partial charge in [-0.2, -0.15) is 0 Å². The number of likely N-dealkylation sites (tertiary alicyclic amines) is 1. The van der Waals surface area contributed by atoms with Gasteiger partial charge in [-0.1, -0.05) is 0 Å². The number of amides is 3. The molecule has 0 aliphatic carbocycles. The molecule has 1 fully saturated rings. The van der Waals surface area contributed by atoms with Crippen LogP contribution in [0.15, 0.2) is 0 Å². The van der Waals surface area contributed by atoms with Gasteiger partial charge in [-0.05, 0) is 19.8 Å². The molecule has 0 aromatic carbocycles. The maximum Gasteiger partial charge on any atom is 0.242 e. The highest BCUT2D eigenvalue weighted by atomic mass is 16.2. The number of hydrogen-bond donors (Lipinski definition) is 2. The van der Waals surface area contributed by atoms with E-state index in [0.29, 0.717) is 6.41 Å². The van der Waals surface area contributed by atoms with Crippen molar-refractivity contribution in [3.63, 3.8) is 0 Å². The van der Waals surface area contributed by atoms with Gasteiger partial charge in [-0.25, -0.2) is 0 Å². The molecule has 0 saturated carbocycles. The summed E-state index contributed by atoms with van der Waals surface area (Å²) >= 11 is 0. The maximum atomic E-state index is 11.7. The average molecular weight is 227 g/mol. The van der Waals surface area contributed by atoms with Crippen molar-refractivity contribution in [3.8, 4) is 0 Å². The topological polar surface area (TPSA) is 78.5 Å². The molecule has 0 aromatic rings. The molecule has 90 valence electrons. The van der Waals surface area contributed by atoms with Crippen molar-refractivity contribution in [1.82, 2.24) is 15.5 Å². The van der Waals surface area contributed by atoms with E-state index in [0.717, 1.165) is 19.4 Å². The van der Waals surface area contributed by atoms with Crippen LogP contribution in [-0.4, -0.2) is 48.8 Å². The van der Waals surface area contributed by atoms with Crippen LogP contribution in [-0.2, 0) is 14.4 Å². The molecule has 0 spiro atoms. The van der Waals surface area contributed by atoms with Gasteiger partial charge in [-0.3, -0.25) is 14.4 Å². The van der Waals surface area contributed by atoms with Crippen LogP contribution < -0.4 is 10.6 Å². The molecule has 0 radical (unpaired) electrons. The number of carbonyl (C=O) groups is 3. The quantitative estimate of drug-likeness (QED) is 0.583. The lowest BCUT2D eigenvalue weighted by Gasteiger charge is -2.21. The minimum atomic E-state index is -0.354. The monoisotopic (exact) mass is 227 g/mol. The molecule has 3 amide bonds. The Morgan fingerprint density at radius 3 is 2.75 bits per heavy atom. The first-order valence-electron chi connectivity index (χ1n) is 5.38. The largest absolute Gasteiger partial charge is 0.350 e. The van der Waals surface area contributed by atoms with Crippen LogP contribution in [0.2, 0.25) is 0 Å². The van der Waals surface area contributed by atoms with E-state index < -0.39 is 0 Å². The first-order chi connectivity index (χ1) is 7.65. The predicted molar refractivity (Wildman–Crippen MR) is 57.5 cm³/mol. The minimum Gasteiger partial charge on any atom is -0.350 e. The van der Waals surface area contributed by atoms with Gasteiger partial charge in [0.05, 0.1) is 13.1 Å². The summed E-state index contributed by atoms with van der Waals surface area (Å²) in [5.74, 6) is -0.420. The lowest BCUT2D eigenvalue weighted by Crippen LogP contribution is -2.43. The van der Waals surface area contributed by atoms with Crippen molar-refractivity contribution >= 4 is 18.2 Å². The van der Waals surface area contributed by atoms with Crippen molar-refractivity contribution in [1.29, 1.82) is 0 Å². The van der Waals surface area contributed by atoms with Gasteiger partial charge in [0, 0.05) is 12.6 Å². The molecule has 1 heterocycles. The first kappa shape index (κ1) is 12.5. The highest BCUT2D eigenvalue weighted by molar-refractivity contribution is 5.86. The zero-order valence-electron chi connectivity index (χ0n) is 9.36. The third-order valence-corrected chi connectivity index (χ3v) is 2.66. The summed E-state index contributed by atoms with van der Waals surface area (Å²) < 4.78 is 0. The summed E-state index contributed by atoms with van der Waals surface area (Å²) in [5.41, 5.74) is 0. The zero-order valence-corrected chi connectivity index (χ0v) is 9.36. The molecule has 0 bridgehead atoms. The van der Waals surface area contributed by atoms with Gasteiger partial charge in [-0.15, -0.1) is 0 Å². The van der Waals surface area contributed by atoms with Crippen LogP contribution in [0.5, 0.6) is 0 Å². The van der Waals surface area contributed by atoms with Crippen LogP contribution in [0.25, 0.3) is 0 Å². The normalized spacial score (nSPS) is 19.3. The fourth-order valence-corrected chi connectivity index (χ4v) is 1.78. The Bertz CT molecular complexity index is 280. The Balaban J connectivity index is 2.24. The van der Waals surface area contributed by atoms with Gasteiger partial charge < -0.3 is 15.5 Å². The van der Waals surface area contributed by atoms with E-state index in [2.05, 4.69) is 10.6 Å². The van der Waals surface area contributed by atoms with Crippen molar-refractivity contribution in [2.45, 2.75) is 25.8 Å². The van der Waals surface area contributed by atoms with Gasteiger partial charge in [0.1, 0.15) is 0 Å². The van der Waals surface area contributed by atoms with Crippen molar-refractivity contribution < 1.29 is 14.4 Å². The number of carbonyl (C=O) groups excluding carboxylic acids is 3.